The summed E-state index contributed by atoms with van der Waals surface area (Å²) in [5.74, 6) is -2.27. The molecule has 5 atom stereocenters. The Bertz CT molecular complexity index is 3510. The van der Waals surface area contributed by atoms with Crippen molar-refractivity contribution in [3.8, 4) is 28.7 Å². The minimum atomic E-state index is -0.963. The first-order valence-corrected chi connectivity index (χ1v) is 31.9. The summed E-state index contributed by atoms with van der Waals surface area (Å²) in [4.78, 5) is 106. The maximum Gasteiger partial charge on any atom is 0.260 e. The van der Waals surface area contributed by atoms with E-state index < -0.39 is 35.6 Å². The van der Waals surface area contributed by atoms with E-state index in [1.165, 1.54) is 19.3 Å². The van der Waals surface area contributed by atoms with Crippen molar-refractivity contribution in [3.63, 3.8) is 0 Å². The third-order valence-electron chi connectivity index (χ3n) is 16.8. The van der Waals surface area contributed by atoms with Crippen molar-refractivity contribution in [3.05, 3.63) is 120 Å². The van der Waals surface area contributed by atoms with Gasteiger partial charge in [0, 0.05) is 87.2 Å². The van der Waals surface area contributed by atoms with Gasteiger partial charge in [-0.05, 0) is 104 Å². The highest BCUT2D eigenvalue weighted by molar-refractivity contribution is 6.13. The monoisotopic (exact) mass is 1290 g/mol. The van der Waals surface area contributed by atoms with Gasteiger partial charge in [-0.1, -0.05) is 44.5 Å². The van der Waals surface area contributed by atoms with Gasteiger partial charge in [-0.15, -0.1) is 0 Å². The van der Waals surface area contributed by atoms with Crippen molar-refractivity contribution in [1.82, 2.24) is 20.0 Å². The van der Waals surface area contributed by atoms with Crippen LogP contribution < -0.4 is 40.1 Å². The standard InChI is InChI=1S/C70H84N8O16/c1-44(2)65(54(66(71)81)12-8-9-23-76-63(79)21-22-64(76)80)68(83)74-45(3)67(82)75-50-17-13-46(14-18-50)48-34-51-40-72-57-38-61(59(87-5)36-55(57)69(84)77(51)42-48)93-24-10-7-11-25-94-62-39-58-56(37-60(62)88-6)70(85)78-43-49(35-52(78)41-73-58)47-15-19-53(20-16-47)92-33-32-91-31-30-90-29-28-89-27-26-86-4/h13-22,36-45,51-52,54,65H,7-12,23-35H2,1-6H3,(H2,71,81)(H,74,83)(H,75,82)/t45-,51+,52+,54?,65-/m0/s1. The van der Waals surface area contributed by atoms with Crippen LogP contribution in [0.25, 0.3) is 11.1 Å². The van der Waals surface area contributed by atoms with Gasteiger partial charge in [-0.25, -0.2) is 0 Å². The fraction of sp³-hybridized carbons (Fsp3) is 0.443. The van der Waals surface area contributed by atoms with Crippen LogP contribution in [0.1, 0.15) is 104 Å². The van der Waals surface area contributed by atoms with E-state index in [0.717, 1.165) is 39.3 Å². The number of carbonyl (C=O) groups excluding carboxylic acids is 7. The molecule has 7 amide bonds. The molecular formula is C70H84N8O16. The molecule has 0 spiro atoms. The number of benzene rings is 4. The van der Waals surface area contributed by atoms with E-state index in [2.05, 4.69) is 10.6 Å². The molecule has 24 nitrogen and oxygen atoms in total. The Morgan fingerprint density at radius 3 is 1.56 bits per heavy atom. The van der Waals surface area contributed by atoms with Crippen LogP contribution in [-0.4, -0.2) is 181 Å². The van der Waals surface area contributed by atoms with Gasteiger partial charge in [0.2, 0.25) is 17.7 Å². The number of hydrogen-bond donors (Lipinski definition) is 3. The number of carbonyl (C=O) groups is 7. The molecule has 0 aliphatic carbocycles. The molecule has 0 fully saturated rings. The maximum atomic E-state index is 14.2. The van der Waals surface area contributed by atoms with Crippen molar-refractivity contribution in [2.75, 3.05) is 99.3 Å². The average molecular weight is 1290 g/mol. The van der Waals surface area contributed by atoms with Crippen molar-refractivity contribution >= 4 is 82.0 Å². The Morgan fingerprint density at radius 2 is 1.07 bits per heavy atom. The highest BCUT2D eigenvalue weighted by atomic mass is 16.6. The first-order chi connectivity index (χ1) is 45.5. The highest BCUT2D eigenvalue weighted by Crippen LogP contribution is 2.42. The van der Waals surface area contributed by atoms with Crippen LogP contribution in [0.4, 0.5) is 17.1 Å². The van der Waals surface area contributed by atoms with Crippen molar-refractivity contribution < 1.29 is 76.2 Å². The van der Waals surface area contributed by atoms with E-state index in [0.29, 0.717) is 156 Å². The first kappa shape index (κ1) is 69.1. The molecule has 1 unspecified atom stereocenters. The van der Waals surface area contributed by atoms with Gasteiger partial charge in [0.1, 0.15) is 18.4 Å². The average Bonchev–Trinajstić information content (AvgIpc) is 1.62. The molecule has 0 aromatic heterocycles. The van der Waals surface area contributed by atoms with Crippen LogP contribution in [0, 0.1) is 17.8 Å². The Morgan fingerprint density at radius 1 is 0.574 bits per heavy atom. The number of amides is 7. The lowest BCUT2D eigenvalue weighted by Crippen LogP contribution is -2.48. The molecule has 0 saturated carbocycles. The zero-order valence-corrected chi connectivity index (χ0v) is 54.1. The number of primary amides is 1. The molecule has 0 bridgehead atoms. The number of anilines is 1. The predicted molar refractivity (Wildman–Crippen MR) is 352 cm³/mol. The second kappa shape index (κ2) is 33.6. The lowest BCUT2D eigenvalue weighted by molar-refractivity contribution is -0.137. The van der Waals surface area contributed by atoms with Gasteiger partial charge in [-0.3, -0.25) is 48.4 Å². The summed E-state index contributed by atoms with van der Waals surface area (Å²) < 4.78 is 51.2. The van der Waals surface area contributed by atoms with Gasteiger partial charge in [0.05, 0.1) is 114 Å². The van der Waals surface area contributed by atoms with Crippen LogP contribution >= 0.6 is 0 Å². The summed E-state index contributed by atoms with van der Waals surface area (Å²) in [5, 5.41) is 5.61. The highest BCUT2D eigenvalue weighted by Gasteiger charge is 2.38. The maximum absolute atomic E-state index is 14.2. The number of nitrogens with two attached hydrogens (primary N) is 1. The Balaban J connectivity index is 0.696. The lowest BCUT2D eigenvalue weighted by Gasteiger charge is -2.28. The summed E-state index contributed by atoms with van der Waals surface area (Å²) in [7, 11) is 4.70. The van der Waals surface area contributed by atoms with E-state index in [4.69, 9.17) is 58.4 Å². The number of imide groups is 1. The molecule has 24 heteroatoms. The zero-order valence-electron chi connectivity index (χ0n) is 54.1. The smallest absolute Gasteiger partial charge is 0.260 e. The van der Waals surface area contributed by atoms with Gasteiger partial charge < -0.3 is 68.8 Å². The van der Waals surface area contributed by atoms with Gasteiger partial charge >= 0.3 is 0 Å². The van der Waals surface area contributed by atoms with Crippen molar-refractivity contribution in [2.24, 2.45) is 33.5 Å². The molecule has 94 heavy (non-hydrogen) atoms. The van der Waals surface area contributed by atoms with Crippen molar-refractivity contribution in [2.45, 2.75) is 90.3 Å². The molecule has 4 aromatic carbocycles. The lowest BCUT2D eigenvalue weighted by atomic mass is 9.79. The number of methoxy groups -OCH3 is 3. The van der Waals surface area contributed by atoms with Gasteiger partial charge in [0.25, 0.3) is 23.6 Å². The number of ether oxygens (including phenoxy) is 9. The summed E-state index contributed by atoms with van der Waals surface area (Å²) in [5.41, 5.74) is 11.7. The summed E-state index contributed by atoms with van der Waals surface area (Å²) in [6, 6.07) is 20.2. The van der Waals surface area contributed by atoms with Crippen LogP contribution in [-0.2, 0) is 42.9 Å². The number of nitrogens with one attached hydrogen (secondary N) is 2. The van der Waals surface area contributed by atoms with E-state index in [-0.39, 0.29) is 54.6 Å². The Labute approximate surface area is 547 Å². The van der Waals surface area contributed by atoms with E-state index in [1.54, 1.807) is 87.4 Å². The molecule has 4 aromatic rings. The molecule has 5 heterocycles. The van der Waals surface area contributed by atoms with Gasteiger partial charge in [0.15, 0.2) is 23.0 Å². The second-order valence-corrected chi connectivity index (χ2v) is 23.6. The van der Waals surface area contributed by atoms with Crippen LogP contribution in [0.15, 0.2) is 107 Å². The molecule has 4 N–H and O–H groups in total. The fourth-order valence-corrected chi connectivity index (χ4v) is 11.7. The number of rotatable bonds is 37. The summed E-state index contributed by atoms with van der Waals surface area (Å²) >= 11 is 0. The predicted octanol–water partition coefficient (Wildman–Crippen LogP) is 8.26. The molecule has 0 saturated heterocycles. The van der Waals surface area contributed by atoms with Gasteiger partial charge in [-0.2, -0.15) is 0 Å². The third-order valence-corrected chi connectivity index (χ3v) is 16.8. The second-order valence-electron chi connectivity index (χ2n) is 23.6. The molecule has 500 valence electrons. The first-order valence-electron chi connectivity index (χ1n) is 31.9. The van der Waals surface area contributed by atoms with E-state index >= 15 is 0 Å². The van der Waals surface area contributed by atoms with Crippen LogP contribution in [0.5, 0.6) is 28.7 Å². The Kier molecular flexibility index (Phi) is 24.7. The van der Waals surface area contributed by atoms with E-state index in [9.17, 15) is 33.6 Å². The number of unbranched alkanes of at least 4 members (excludes halogenated alkanes) is 3. The topological polar surface area (TPSA) is 287 Å². The largest absolute Gasteiger partial charge is 0.493 e. The normalized spacial score (nSPS) is 17.2. The fourth-order valence-electron chi connectivity index (χ4n) is 11.7. The number of nitrogens with zero attached hydrogens (tertiary/aromatic N) is 5. The minimum absolute atomic E-state index is 0.184. The van der Waals surface area contributed by atoms with Crippen LogP contribution in [0.2, 0.25) is 0 Å². The molecular weight excluding hydrogens is 1210 g/mol. The quantitative estimate of drug-likeness (QED) is 0.0283. The molecule has 9 rings (SSSR count). The SMILES string of the molecule is COCCOCCOCCOCCOc1ccc(C2=CN3C(=O)c4cc(OC)c(OCCCCCOc5cc6c(cc5OC)C(=O)N5C=C(c7ccc(NC(=O)[C@H](C)NC(=O)[C@@H](C(C)C)C(CCCCN8C(=O)C=CC8=O)C(N)=O)cc7)C[C@@H]5C=N6)cc4N=C[C@H]3C2)cc1. The van der Waals surface area contributed by atoms with E-state index in [1.807, 2.05) is 55.0 Å². The zero-order chi connectivity index (χ0) is 66.7. The molecule has 0 radical (unpaired) electrons. The van der Waals surface area contributed by atoms with Crippen molar-refractivity contribution in [1.29, 1.82) is 0 Å². The molecule has 5 aliphatic heterocycles. The molecule has 5 aliphatic rings. The summed E-state index contributed by atoms with van der Waals surface area (Å²) in [6.07, 6.45) is 14.1. The minimum Gasteiger partial charge on any atom is -0.493 e. The number of hydrogen-bond acceptors (Lipinski definition) is 18. The summed E-state index contributed by atoms with van der Waals surface area (Å²) in [6.45, 7) is 9.98. The Hall–Kier alpha value is -9.23. The number of fused-ring (bicyclic) bond motifs is 4. The van der Waals surface area contributed by atoms with Crippen LogP contribution in [0.3, 0.4) is 0 Å². The number of aliphatic imine (C=N–C) groups is 2. The third kappa shape index (κ3) is 17.7.